The lowest BCUT2D eigenvalue weighted by Crippen LogP contribution is -2.25. The summed E-state index contributed by atoms with van der Waals surface area (Å²) in [5.74, 6) is 0.761. The van der Waals surface area contributed by atoms with Crippen LogP contribution >= 0.6 is 11.6 Å². The third-order valence-corrected chi connectivity index (χ3v) is 3.70. The van der Waals surface area contributed by atoms with Gasteiger partial charge in [0.05, 0.1) is 10.7 Å². The smallest absolute Gasteiger partial charge is 0.0589 e. The van der Waals surface area contributed by atoms with Gasteiger partial charge in [-0.05, 0) is 37.4 Å². The number of rotatable bonds is 8. The summed E-state index contributed by atoms with van der Waals surface area (Å²) in [7, 11) is 0. The summed E-state index contributed by atoms with van der Waals surface area (Å²) in [5.41, 5.74) is 1.11. The minimum Gasteiger partial charge on any atom is -0.309 e. The van der Waals surface area contributed by atoms with Gasteiger partial charge in [-0.3, -0.25) is 4.98 Å². The van der Waals surface area contributed by atoms with E-state index >= 15 is 0 Å². The summed E-state index contributed by atoms with van der Waals surface area (Å²) in [6.45, 7) is 7.76. The molecule has 0 bridgehead atoms. The molecule has 0 aliphatic heterocycles. The number of hydrogen-bond donors (Lipinski definition) is 1. The van der Waals surface area contributed by atoms with Gasteiger partial charge in [-0.1, -0.05) is 45.2 Å². The number of pyridine rings is 1. The molecule has 0 spiro atoms. The maximum absolute atomic E-state index is 5.90. The van der Waals surface area contributed by atoms with Crippen LogP contribution in [0.5, 0.6) is 0 Å². The number of halogens is 1. The van der Waals surface area contributed by atoms with Crippen LogP contribution in [0.25, 0.3) is 0 Å². The van der Waals surface area contributed by atoms with Gasteiger partial charge in [0.25, 0.3) is 0 Å². The molecule has 0 fully saturated rings. The van der Waals surface area contributed by atoms with Gasteiger partial charge in [0.15, 0.2) is 0 Å². The molecule has 1 aromatic heterocycles. The van der Waals surface area contributed by atoms with Gasteiger partial charge in [-0.2, -0.15) is 0 Å². The van der Waals surface area contributed by atoms with Crippen molar-refractivity contribution in [3.05, 3.63) is 29.0 Å². The van der Waals surface area contributed by atoms with Crippen LogP contribution in [0.1, 0.15) is 58.2 Å². The lowest BCUT2D eigenvalue weighted by atomic mass is 9.93. The maximum atomic E-state index is 5.90. The Morgan fingerprint density at radius 2 is 1.94 bits per heavy atom. The molecule has 0 aliphatic carbocycles. The molecule has 0 aliphatic rings. The highest BCUT2D eigenvalue weighted by atomic mass is 35.5. The molecule has 1 heterocycles. The number of hydrogen-bond acceptors (Lipinski definition) is 2. The van der Waals surface area contributed by atoms with E-state index < -0.39 is 0 Å². The molecule has 0 saturated heterocycles. The maximum Gasteiger partial charge on any atom is 0.0589 e. The fourth-order valence-corrected chi connectivity index (χ4v) is 2.29. The van der Waals surface area contributed by atoms with Gasteiger partial charge < -0.3 is 5.32 Å². The van der Waals surface area contributed by atoms with Crippen LogP contribution in [-0.4, -0.2) is 11.5 Å². The third-order valence-electron chi connectivity index (χ3n) is 3.47. The topological polar surface area (TPSA) is 24.9 Å². The van der Waals surface area contributed by atoms with E-state index in [0.29, 0.717) is 11.1 Å². The molecule has 1 rings (SSSR count). The largest absolute Gasteiger partial charge is 0.309 e. The summed E-state index contributed by atoms with van der Waals surface area (Å²) in [5, 5.41) is 4.30. The SMILES string of the molecule is CCCNC(CC(CC)CC)c1ccc(Cl)cn1. The number of nitrogens with zero attached hydrogens (tertiary/aromatic N) is 1. The first-order valence-electron chi connectivity index (χ1n) is 7.06. The normalized spacial score (nSPS) is 12.9. The summed E-state index contributed by atoms with van der Waals surface area (Å²) in [6, 6.07) is 4.32. The Labute approximate surface area is 116 Å². The van der Waals surface area contributed by atoms with E-state index in [-0.39, 0.29) is 0 Å². The van der Waals surface area contributed by atoms with Crippen molar-refractivity contribution in [3.63, 3.8) is 0 Å². The molecule has 1 aromatic rings. The molecular formula is C15H25ClN2. The van der Waals surface area contributed by atoms with Gasteiger partial charge in [-0.15, -0.1) is 0 Å². The minimum absolute atomic E-state index is 0.354. The number of nitrogens with one attached hydrogen (secondary N) is 1. The van der Waals surface area contributed by atoms with Gasteiger partial charge in [0.1, 0.15) is 0 Å². The Balaban J connectivity index is 2.73. The second-order valence-electron chi connectivity index (χ2n) is 4.83. The zero-order chi connectivity index (χ0) is 13.4. The van der Waals surface area contributed by atoms with Gasteiger partial charge in [-0.25, -0.2) is 0 Å². The molecule has 0 saturated carbocycles. The van der Waals surface area contributed by atoms with E-state index in [9.17, 15) is 0 Å². The summed E-state index contributed by atoms with van der Waals surface area (Å²) in [4.78, 5) is 4.46. The van der Waals surface area contributed by atoms with Crippen molar-refractivity contribution in [2.45, 2.75) is 52.5 Å². The molecular weight excluding hydrogens is 244 g/mol. The molecule has 0 radical (unpaired) electrons. The van der Waals surface area contributed by atoms with E-state index in [1.54, 1.807) is 6.20 Å². The van der Waals surface area contributed by atoms with Gasteiger partial charge >= 0.3 is 0 Å². The molecule has 3 heteroatoms. The summed E-state index contributed by atoms with van der Waals surface area (Å²) in [6.07, 6.45) is 6.50. The van der Waals surface area contributed by atoms with Crippen LogP contribution < -0.4 is 5.32 Å². The van der Waals surface area contributed by atoms with Gasteiger partial charge in [0.2, 0.25) is 0 Å². The van der Waals surface area contributed by atoms with Crippen LogP contribution in [0.2, 0.25) is 5.02 Å². The average Bonchev–Trinajstić information content (AvgIpc) is 2.40. The predicted octanol–water partition coefficient (Wildman–Crippen LogP) is 4.60. The highest BCUT2D eigenvalue weighted by Gasteiger charge is 2.16. The summed E-state index contributed by atoms with van der Waals surface area (Å²) >= 11 is 5.90. The second kappa shape index (κ2) is 8.49. The van der Waals surface area contributed by atoms with Crippen LogP contribution in [0.4, 0.5) is 0 Å². The average molecular weight is 269 g/mol. The van der Waals surface area contributed by atoms with E-state index in [2.05, 4.69) is 31.1 Å². The first-order valence-corrected chi connectivity index (χ1v) is 7.43. The van der Waals surface area contributed by atoms with Crippen molar-refractivity contribution in [1.29, 1.82) is 0 Å². The predicted molar refractivity (Wildman–Crippen MR) is 79.0 cm³/mol. The first kappa shape index (κ1) is 15.5. The molecule has 0 amide bonds. The van der Waals surface area contributed by atoms with Crippen molar-refractivity contribution in [3.8, 4) is 0 Å². The van der Waals surface area contributed by atoms with Crippen LogP contribution in [0.3, 0.4) is 0 Å². The monoisotopic (exact) mass is 268 g/mol. The fraction of sp³-hybridized carbons (Fsp3) is 0.667. The lowest BCUT2D eigenvalue weighted by molar-refractivity contribution is 0.366. The van der Waals surface area contributed by atoms with Crippen LogP contribution in [0, 0.1) is 5.92 Å². The third kappa shape index (κ3) is 4.95. The minimum atomic E-state index is 0.354. The molecule has 0 aromatic carbocycles. The van der Waals surface area contributed by atoms with E-state index in [1.165, 1.54) is 12.8 Å². The van der Waals surface area contributed by atoms with Crippen molar-refractivity contribution >= 4 is 11.6 Å². The zero-order valence-corrected chi connectivity index (χ0v) is 12.5. The van der Waals surface area contributed by atoms with E-state index in [0.717, 1.165) is 31.0 Å². The second-order valence-corrected chi connectivity index (χ2v) is 5.26. The van der Waals surface area contributed by atoms with Crippen molar-refractivity contribution in [2.24, 2.45) is 5.92 Å². The molecule has 18 heavy (non-hydrogen) atoms. The van der Waals surface area contributed by atoms with Crippen molar-refractivity contribution in [1.82, 2.24) is 10.3 Å². The Morgan fingerprint density at radius 3 is 2.44 bits per heavy atom. The van der Waals surface area contributed by atoms with E-state index in [1.807, 2.05) is 12.1 Å². The standard InChI is InChI=1S/C15H25ClN2/c1-4-9-17-15(10-12(5-2)6-3)14-8-7-13(16)11-18-14/h7-8,11-12,15,17H,4-6,9-10H2,1-3H3. The highest BCUT2D eigenvalue weighted by molar-refractivity contribution is 6.30. The van der Waals surface area contributed by atoms with Crippen molar-refractivity contribution in [2.75, 3.05) is 6.54 Å². The molecule has 1 atom stereocenters. The van der Waals surface area contributed by atoms with Crippen molar-refractivity contribution < 1.29 is 0 Å². The molecule has 1 N–H and O–H groups in total. The highest BCUT2D eigenvalue weighted by Crippen LogP contribution is 2.24. The Kier molecular flexibility index (Phi) is 7.29. The number of aromatic nitrogens is 1. The fourth-order valence-electron chi connectivity index (χ4n) is 2.18. The molecule has 2 nitrogen and oxygen atoms in total. The quantitative estimate of drug-likeness (QED) is 0.745. The van der Waals surface area contributed by atoms with Gasteiger partial charge in [0, 0.05) is 12.2 Å². The Bertz CT molecular complexity index is 320. The van der Waals surface area contributed by atoms with Crippen LogP contribution in [-0.2, 0) is 0 Å². The molecule has 1 unspecified atom stereocenters. The van der Waals surface area contributed by atoms with E-state index in [4.69, 9.17) is 11.6 Å². The zero-order valence-electron chi connectivity index (χ0n) is 11.7. The Morgan fingerprint density at radius 1 is 1.22 bits per heavy atom. The summed E-state index contributed by atoms with van der Waals surface area (Å²) < 4.78 is 0. The first-order chi connectivity index (χ1) is 8.71. The Hall–Kier alpha value is -0.600. The van der Waals surface area contributed by atoms with Crippen LogP contribution in [0.15, 0.2) is 18.3 Å². The lowest BCUT2D eigenvalue weighted by Gasteiger charge is -2.22. The molecule has 102 valence electrons.